The minimum absolute atomic E-state index is 0.143. The standard InChI is InChI=1S/C18H25N3O2/c1-13(10-16(22)14-8-6-5-7-9-14)20-17(23)15-11-19-21(12-15)18(2,3)4/h5-9,11-13,16,22H,10H2,1-4H3,(H,20,23). The van der Waals surface area contributed by atoms with Gasteiger partial charge in [0, 0.05) is 12.2 Å². The lowest BCUT2D eigenvalue weighted by atomic mass is 10.0. The van der Waals surface area contributed by atoms with Gasteiger partial charge in [-0.05, 0) is 39.7 Å². The quantitative estimate of drug-likeness (QED) is 0.891. The molecule has 0 bridgehead atoms. The van der Waals surface area contributed by atoms with Gasteiger partial charge in [0.05, 0.1) is 23.4 Å². The van der Waals surface area contributed by atoms with Gasteiger partial charge in [0.25, 0.3) is 5.91 Å². The SMILES string of the molecule is CC(CC(O)c1ccccc1)NC(=O)c1cnn(C(C)(C)C)c1. The molecule has 5 nitrogen and oxygen atoms in total. The zero-order valence-electron chi connectivity index (χ0n) is 14.2. The Kier molecular flexibility index (Phi) is 5.21. The maximum Gasteiger partial charge on any atom is 0.254 e. The minimum Gasteiger partial charge on any atom is -0.388 e. The zero-order chi connectivity index (χ0) is 17.0. The van der Waals surface area contributed by atoms with E-state index in [1.165, 1.54) is 0 Å². The average molecular weight is 315 g/mol. The molecule has 124 valence electrons. The molecule has 0 spiro atoms. The Bertz CT molecular complexity index is 644. The normalized spacial score (nSPS) is 14.3. The second kappa shape index (κ2) is 6.96. The smallest absolute Gasteiger partial charge is 0.254 e. The fourth-order valence-electron chi connectivity index (χ4n) is 2.32. The van der Waals surface area contributed by atoms with Crippen molar-refractivity contribution in [2.75, 3.05) is 0 Å². The van der Waals surface area contributed by atoms with Gasteiger partial charge in [0.1, 0.15) is 0 Å². The molecule has 0 aliphatic rings. The Labute approximate surface area is 137 Å². The van der Waals surface area contributed by atoms with Gasteiger partial charge >= 0.3 is 0 Å². The van der Waals surface area contributed by atoms with Gasteiger partial charge in [0.15, 0.2) is 0 Å². The Morgan fingerprint density at radius 3 is 2.52 bits per heavy atom. The maximum absolute atomic E-state index is 12.3. The van der Waals surface area contributed by atoms with Crippen LogP contribution in [-0.4, -0.2) is 26.8 Å². The van der Waals surface area contributed by atoms with Crippen LogP contribution in [0.4, 0.5) is 0 Å². The van der Waals surface area contributed by atoms with E-state index in [4.69, 9.17) is 0 Å². The van der Waals surface area contributed by atoms with E-state index in [1.807, 2.05) is 58.0 Å². The number of hydrogen-bond acceptors (Lipinski definition) is 3. The number of benzene rings is 1. The summed E-state index contributed by atoms with van der Waals surface area (Å²) >= 11 is 0. The van der Waals surface area contributed by atoms with Crippen LogP contribution in [-0.2, 0) is 5.54 Å². The fourth-order valence-corrected chi connectivity index (χ4v) is 2.32. The molecule has 2 aromatic rings. The van der Waals surface area contributed by atoms with Crippen molar-refractivity contribution in [3.63, 3.8) is 0 Å². The molecule has 2 unspecified atom stereocenters. The van der Waals surface area contributed by atoms with Crippen LogP contribution in [0.15, 0.2) is 42.7 Å². The van der Waals surface area contributed by atoms with Crippen LogP contribution < -0.4 is 5.32 Å². The van der Waals surface area contributed by atoms with Crippen molar-refractivity contribution >= 4 is 5.91 Å². The van der Waals surface area contributed by atoms with Gasteiger partial charge < -0.3 is 10.4 Å². The third-order valence-electron chi connectivity index (χ3n) is 3.67. The van der Waals surface area contributed by atoms with E-state index in [-0.39, 0.29) is 17.5 Å². The molecule has 0 saturated heterocycles. The third-order valence-corrected chi connectivity index (χ3v) is 3.67. The zero-order valence-corrected chi connectivity index (χ0v) is 14.2. The molecule has 23 heavy (non-hydrogen) atoms. The monoisotopic (exact) mass is 315 g/mol. The number of nitrogens with one attached hydrogen (secondary N) is 1. The molecular weight excluding hydrogens is 290 g/mol. The first-order chi connectivity index (χ1) is 10.8. The highest BCUT2D eigenvalue weighted by Crippen LogP contribution is 2.18. The first kappa shape index (κ1) is 17.2. The fraction of sp³-hybridized carbons (Fsp3) is 0.444. The number of hydrogen-bond donors (Lipinski definition) is 2. The molecule has 2 N–H and O–H groups in total. The molecule has 0 saturated carbocycles. The molecule has 0 aliphatic heterocycles. The predicted octanol–water partition coefficient (Wildman–Crippen LogP) is 2.88. The molecule has 5 heteroatoms. The molecule has 0 fully saturated rings. The molecule has 0 aliphatic carbocycles. The van der Waals surface area contributed by atoms with Gasteiger partial charge in [0.2, 0.25) is 0 Å². The topological polar surface area (TPSA) is 67.2 Å². The van der Waals surface area contributed by atoms with E-state index < -0.39 is 6.10 Å². The van der Waals surface area contributed by atoms with Crippen LogP contribution in [0.3, 0.4) is 0 Å². The van der Waals surface area contributed by atoms with Crippen molar-refractivity contribution in [3.05, 3.63) is 53.9 Å². The van der Waals surface area contributed by atoms with Gasteiger partial charge in [-0.1, -0.05) is 30.3 Å². The van der Waals surface area contributed by atoms with Crippen LogP contribution >= 0.6 is 0 Å². The summed E-state index contributed by atoms with van der Waals surface area (Å²) in [7, 11) is 0. The van der Waals surface area contributed by atoms with Crippen LogP contribution in [0.1, 0.15) is 56.1 Å². The van der Waals surface area contributed by atoms with Crippen molar-refractivity contribution in [1.82, 2.24) is 15.1 Å². The number of amides is 1. The van der Waals surface area contributed by atoms with Crippen LogP contribution in [0, 0.1) is 0 Å². The van der Waals surface area contributed by atoms with Gasteiger partial charge in [-0.25, -0.2) is 0 Å². The Hall–Kier alpha value is -2.14. The predicted molar refractivity (Wildman–Crippen MR) is 90.2 cm³/mol. The molecular formula is C18H25N3O2. The summed E-state index contributed by atoms with van der Waals surface area (Å²) in [4.78, 5) is 12.3. The van der Waals surface area contributed by atoms with Gasteiger partial charge in [-0.15, -0.1) is 0 Å². The summed E-state index contributed by atoms with van der Waals surface area (Å²) in [5.74, 6) is -0.173. The summed E-state index contributed by atoms with van der Waals surface area (Å²) in [6.45, 7) is 7.97. The second-order valence-electron chi connectivity index (χ2n) is 6.88. The minimum atomic E-state index is -0.594. The van der Waals surface area contributed by atoms with Crippen molar-refractivity contribution in [2.45, 2.75) is 51.8 Å². The first-order valence-electron chi connectivity index (χ1n) is 7.86. The lowest BCUT2D eigenvalue weighted by Crippen LogP contribution is -2.33. The lowest BCUT2D eigenvalue weighted by molar-refractivity contribution is 0.0917. The number of aliphatic hydroxyl groups excluding tert-OH is 1. The van der Waals surface area contributed by atoms with Crippen LogP contribution in [0.2, 0.25) is 0 Å². The summed E-state index contributed by atoms with van der Waals surface area (Å²) in [6, 6.07) is 9.31. The van der Waals surface area contributed by atoms with E-state index in [2.05, 4.69) is 10.4 Å². The highest BCUT2D eigenvalue weighted by molar-refractivity contribution is 5.93. The molecule has 2 rings (SSSR count). The average Bonchev–Trinajstić information content (AvgIpc) is 2.98. The first-order valence-corrected chi connectivity index (χ1v) is 7.86. The van der Waals surface area contributed by atoms with Crippen LogP contribution in [0.5, 0.6) is 0 Å². The molecule has 1 aromatic carbocycles. The molecule has 0 radical (unpaired) electrons. The second-order valence-corrected chi connectivity index (χ2v) is 6.88. The summed E-state index contributed by atoms with van der Waals surface area (Å²) in [6.07, 6.45) is 3.18. The number of nitrogens with zero attached hydrogens (tertiary/aromatic N) is 2. The van der Waals surface area contributed by atoms with E-state index >= 15 is 0 Å². The summed E-state index contributed by atoms with van der Waals surface area (Å²) in [5, 5.41) is 17.4. The summed E-state index contributed by atoms with van der Waals surface area (Å²) < 4.78 is 1.77. The highest BCUT2D eigenvalue weighted by Gasteiger charge is 2.19. The molecule has 1 amide bonds. The number of rotatable bonds is 5. The number of carbonyl (C=O) groups excluding carboxylic acids is 1. The number of aliphatic hydroxyl groups is 1. The highest BCUT2D eigenvalue weighted by atomic mass is 16.3. The van der Waals surface area contributed by atoms with E-state index in [0.29, 0.717) is 12.0 Å². The third kappa shape index (κ3) is 4.66. The van der Waals surface area contributed by atoms with Crippen molar-refractivity contribution in [1.29, 1.82) is 0 Å². The van der Waals surface area contributed by atoms with Crippen molar-refractivity contribution < 1.29 is 9.90 Å². The Balaban J connectivity index is 1.93. The van der Waals surface area contributed by atoms with Gasteiger partial charge in [-0.2, -0.15) is 5.10 Å². The largest absolute Gasteiger partial charge is 0.388 e. The van der Waals surface area contributed by atoms with E-state index in [0.717, 1.165) is 5.56 Å². The molecule has 1 aromatic heterocycles. The maximum atomic E-state index is 12.3. The number of carbonyl (C=O) groups is 1. The van der Waals surface area contributed by atoms with Crippen molar-refractivity contribution in [2.24, 2.45) is 0 Å². The Morgan fingerprint density at radius 1 is 1.30 bits per heavy atom. The summed E-state index contributed by atoms with van der Waals surface area (Å²) in [5.41, 5.74) is 1.23. The lowest BCUT2D eigenvalue weighted by Gasteiger charge is -2.19. The van der Waals surface area contributed by atoms with Gasteiger partial charge in [-0.3, -0.25) is 9.48 Å². The van der Waals surface area contributed by atoms with Crippen LogP contribution in [0.25, 0.3) is 0 Å². The molecule has 2 atom stereocenters. The van der Waals surface area contributed by atoms with E-state index in [1.54, 1.807) is 17.1 Å². The molecule has 1 heterocycles. The van der Waals surface area contributed by atoms with Crippen molar-refractivity contribution in [3.8, 4) is 0 Å². The Morgan fingerprint density at radius 2 is 1.96 bits per heavy atom. The van der Waals surface area contributed by atoms with E-state index in [9.17, 15) is 9.90 Å². The number of aromatic nitrogens is 2.